The Morgan fingerprint density at radius 2 is 1.85 bits per heavy atom. The zero-order valence-corrected chi connectivity index (χ0v) is 13.8. The average Bonchev–Trinajstić information content (AvgIpc) is 2.86. The molecule has 1 aromatic heterocycles. The van der Waals surface area contributed by atoms with E-state index in [2.05, 4.69) is 15.9 Å². The highest BCUT2D eigenvalue weighted by Crippen LogP contribution is 2.36. The van der Waals surface area contributed by atoms with Crippen molar-refractivity contribution in [2.24, 2.45) is 0 Å². The minimum atomic E-state index is -0.667. The molecule has 0 spiro atoms. The highest BCUT2D eigenvalue weighted by atomic mass is 79.9. The fraction of sp³-hybridized carbons (Fsp3) is 0.333. The van der Waals surface area contributed by atoms with E-state index >= 15 is 0 Å². The zero-order valence-electron chi connectivity index (χ0n) is 11.4. The Morgan fingerprint density at radius 3 is 2.45 bits per heavy atom. The Kier molecular flexibility index (Phi) is 5.46. The zero-order chi connectivity index (χ0) is 14.5. The summed E-state index contributed by atoms with van der Waals surface area (Å²) in [6, 6.07) is 7.48. The Labute approximate surface area is 131 Å². The lowest BCUT2D eigenvalue weighted by Gasteiger charge is -2.15. The van der Waals surface area contributed by atoms with Crippen molar-refractivity contribution in [3.8, 4) is 11.5 Å². The summed E-state index contributed by atoms with van der Waals surface area (Å²) in [5.41, 5.74) is 0.792. The third-order valence-electron chi connectivity index (χ3n) is 2.78. The van der Waals surface area contributed by atoms with Gasteiger partial charge in [0.15, 0.2) is 11.5 Å². The maximum absolute atomic E-state index is 10.5. The molecule has 0 aliphatic heterocycles. The molecule has 0 fully saturated rings. The van der Waals surface area contributed by atoms with Gasteiger partial charge >= 0.3 is 0 Å². The number of hydrogen-bond donors (Lipinski definition) is 1. The predicted octanol–water partition coefficient (Wildman–Crippen LogP) is 4.39. The van der Waals surface area contributed by atoms with Crippen LogP contribution in [0.1, 0.15) is 30.4 Å². The molecule has 0 saturated carbocycles. The van der Waals surface area contributed by atoms with Crippen LogP contribution in [0, 0.1) is 0 Å². The summed E-state index contributed by atoms with van der Waals surface area (Å²) >= 11 is 4.96. The van der Waals surface area contributed by atoms with Gasteiger partial charge in [-0.15, -0.1) is 11.3 Å². The van der Waals surface area contributed by atoms with Gasteiger partial charge in [0.05, 0.1) is 18.1 Å². The third-order valence-corrected chi connectivity index (χ3v) is 4.70. The number of benzene rings is 1. The molecule has 1 heterocycles. The monoisotopic (exact) mass is 356 g/mol. The third kappa shape index (κ3) is 3.34. The highest BCUT2D eigenvalue weighted by molar-refractivity contribution is 9.10. The fourth-order valence-electron chi connectivity index (χ4n) is 1.89. The first-order chi connectivity index (χ1) is 9.67. The number of halogens is 1. The molecule has 2 aromatic rings. The van der Waals surface area contributed by atoms with Crippen LogP contribution in [0.5, 0.6) is 11.5 Å². The van der Waals surface area contributed by atoms with Crippen molar-refractivity contribution in [3.05, 3.63) is 44.6 Å². The lowest BCUT2D eigenvalue weighted by molar-refractivity contribution is 0.222. The van der Waals surface area contributed by atoms with Crippen LogP contribution in [0.4, 0.5) is 0 Å². The van der Waals surface area contributed by atoms with Crippen LogP contribution in [0.3, 0.4) is 0 Å². The van der Waals surface area contributed by atoms with Gasteiger partial charge in [0.2, 0.25) is 0 Å². The van der Waals surface area contributed by atoms with Crippen LogP contribution in [0.15, 0.2) is 34.1 Å². The molecule has 0 bridgehead atoms. The van der Waals surface area contributed by atoms with Crippen molar-refractivity contribution in [1.82, 2.24) is 0 Å². The molecule has 0 saturated heterocycles. The van der Waals surface area contributed by atoms with Gasteiger partial charge in [-0.1, -0.05) is 6.07 Å². The molecule has 2 rings (SSSR count). The molecular formula is C15H17BrO3S. The smallest absolute Gasteiger partial charge is 0.161 e. The van der Waals surface area contributed by atoms with E-state index in [1.807, 2.05) is 43.5 Å². The second-order valence-corrected chi connectivity index (χ2v) is 5.91. The molecule has 0 amide bonds. The van der Waals surface area contributed by atoms with Gasteiger partial charge in [0.1, 0.15) is 6.10 Å². The molecule has 5 heteroatoms. The van der Waals surface area contributed by atoms with E-state index in [4.69, 9.17) is 9.47 Å². The highest BCUT2D eigenvalue weighted by Gasteiger charge is 2.17. The average molecular weight is 357 g/mol. The minimum Gasteiger partial charge on any atom is -0.490 e. The van der Waals surface area contributed by atoms with Crippen LogP contribution in [-0.4, -0.2) is 18.3 Å². The van der Waals surface area contributed by atoms with Crippen LogP contribution >= 0.6 is 27.3 Å². The van der Waals surface area contributed by atoms with Gasteiger partial charge in [-0.3, -0.25) is 0 Å². The van der Waals surface area contributed by atoms with E-state index in [0.29, 0.717) is 24.7 Å². The normalized spacial score (nSPS) is 12.2. The fourth-order valence-corrected chi connectivity index (χ4v) is 3.49. The summed E-state index contributed by atoms with van der Waals surface area (Å²) in [6.45, 7) is 5.00. The number of ether oxygens (including phenoxy) is 2. The van der Waals surface area contributed by atoms with Crippen molar-refractivity contribution < 1.29 is 14.6 Å². The van der Waals surface area contributed by atoms with E-state index < -0.39 is 6.10 Å². The summed E-state index contributed by atoms with van der Waals surface area (Å²) in [4.78, 5) is 0.886. The maximum Gasteiger partial charge on any atom is 0.161 e. The lowest BCUT2D eigenvalue weighted by atomic mass is 10.1. The van der Waals surface area contributed by atoms with Gasteiger partial charge in [0, 0.05) is 4.47 Å². The van der Waals surface area contributed by atoms with E-state index in [0.717, 1.165) is 14.9 Å². The molecule has 0 radical (unpaired) electrons. The number of rotatable bonds is 6. The van der Waals surface area contributed by atoms with Gasteiger partial charge in [-0.25, -0.2) is 0 Å². The van der Waals surface area contributed by atoms with Crippen LogP contribution in [0.25, 0.3) is 0 Å². The number of aliphatic hydroxyl groups is 1. The summed E-state index contributed by atoms with van der Waals surface area (Å²) in [5.74, 6) is 1.37. The van der Waals surface area contributed by atoms with Crippen LogP contribution in [-0.2, 0) is 0 Å². The molecule has 0 aliphatic rings. The summed E-state index contributed by atoms with van der Waals surface area (Å²) in [7, 11) is 0. The molecule has 1 aromatic carbocycles. The topological polar surface area (TPSA) is 38.7 Å². The Balaban J connectivity index is 2.32. The first-order valence-electron chi connectivity index (χ1n) is 6.47. The van der Waals surface area contributed by atoms with Gasteiger partial charge < -0.3 is 14.6 Å². The van der Waals surface area contributed by atoms with Crippen molar-refractivity contribution >= 4 is 27.3 Å². The Bertz CT molecular complexity index is 568. The van der Waals surface area contributed by atoms with Crippen molar-refractivity contribution in [2.45, 2.75) is 20.0 Å². The number of hydrogen-bond acceptors (Lipinski definition) is 4. The maximum atomic E-state index is 10.5. The number of thiophene rings is 1. The molecule has 1 unspecified atom stereocenters. The van der Waals surface area contributed by atoms with E-state index in [-0.39, 0.29) is 0 Å². The summed E-state index contributed by atoms with van der Waals surface area (Å²) in [5, 5.41) is 12.4. The first kappa shape index (κ1) is 15.4. The SMILES string of the molecule is CCOc1ccc(C(O)c2sccc2Br)cc1OCC. The molecule has 1 atom stereocenters. The second-order valence-electron chi connectivity index (χ2n) is 4.11. The second kappa shape index (κ2) is 7.11. The van der Waals surface area contributed by atoms with Gasteiger partial charge in [0.25, 0.3) is 0 Å². The summed E-state index contributed by atoms with van der Waals surface area (Å²) < 4.78 is 12.0. The number of aliphatic hydroxyl groups excluding tert-OH is 1. The molecule has 108 valence electrons. The molecule has 20 heavy (non-hydrogen) atoms. The van der Waals surface area contributed by atoms with Crippen molar-refractivity contribution in [1.29, 1.82) is 0 Å². The molecule has 3 nitrogen and oxygen atoms in total. The van der Waals surface area contributed by atoms with Crippen molar-refractivity contribution in [2.75, 3.05) is 13.2 Å². The van der Waals surface area contributed by atoms with Crippen LogP contribution in [0.2, 0.25) is 0 Å². The molecular weight excluding hydrogens is 340 g/mol. The first-order valence-corrected chi connectivity index (χ1v) is 8.15. The minimum absolute atomic E-state index is 0.558. The molecule has 0 aliphatic carbocycles. The lowest BCUT2D eigenvalue weighted by Crippen LogP contribution is -2.02. The molecule has 1 N–H and O–H groups in total. The van der Waals surface area contributed by atoms with Gasteiger partial charge in [-0.2, -0.15) is 0 Å². The summed E-state index contributed by atoms with van der Waals surface area (Å²) in [6.07, 6.45) is -0.667. The van der Waals surface area contributed by atoms with E-state index in [1.165, 1.54) is 11.3 Å². The predicted molar refractivity (Wildman–Crippen MR) is 84.9 cm³/mol. The standard InChI is InChI=1S/C15H17BrO3S/c1-3-18-12-6-5-10(9-13(12)19-4-2)14(17)15-11(16)7-8-20-15/h5-9,14,17H,3-4H2,1-2H3. The van der Waals surface area contributed by atoms with E-state index in [1.54, 1.807) is 0 Å². The van der Waals surface area contributed by atoms with Crippen molar-refractivity contribution in [3.63, 3.8) is 0 Å². The Morgan fingerprint density at radius 1 is 1.15 bits per heavy atom. The van der Waals surface area contributed by atoms with Gasteiger partial charge in [-0.05, 0) is 58.9 Å². The largest absolute Gasteiger partial charge is 0.490 e. The van der Waals surface area contributed by atoms with E-state index in [9.17, 15) is 5.11 Å². The Hall–Kier alpha value is -1.04. The van der Waals surface area contributed by atoms with Crippen LogP contribution < -0.4 is 9.47 Å². The quantitative estimate of drug-likeness (QED) is 0.833.